The van der Waals surface area contributed by atoms with Gasteiger partial charge in [-0.15, -0.1) is 0 Å². The number of anilines is 1. The van der Waals surface area contributed by atoms with Gasteiger partial charge < -0.3 is 16.0 Å². The van der Waals surface area contributed by atoms with Crippen LogP contribution in [0.5, 0.6) is 0 Å². The van der Waals surface area contributed by atoms with Gasteiger partial charge >= 0.3 is 0 Å². The molecule has 0 aliphatic carbocycles. The van der Waals surface area contributed by atoms with Crippen LogP contribution in [0.3, 0.4) is 0 Å². The van der Waals surface area contributed by atoms with E-state index < -0.39 is 0 Å². The molecule has 5 nitrogen and oxygen atoms in total. The molecule has 6 heteroatoms. The fourth-order valence-corrected chi connectivity index (χ4v) is 3.12. The smallest absolute Gasteiger partial charge is 0.255 e. The number of nitrogens with two attached hydrogens (primary N) is 1. The number of nitrogen functional groups attached to an aromatic ring is 1. The first kappa shape index (κ1) is 16.2. The van der Waals surface area contributed by atoms with Gasteiger partial charge in [-0.2, -0.15) is 0 Å². The second kappa shape index (κ2) is 5.93. The highest BCUT2D eigenvalue weighted by molar-refractivity contribution is 9.10. The maximum Gasteiger partial charge on any atom is 0.255 e. The molecule has 0 spiro atoms. The zero-order valence-corrected chi connectivity index (χ0v) is 14.6. The number of amides is 1. The lowest BCUT2D eigenvalue weighted by Crippen LogP contribution is -2.59. The Morgan fingerprint density at radius 1 is 1.52 bits per heavy atom. The van der Waals surface area contributed by atoms with Gasteiger partial charge in [0.25, 0.3) is 5.91 Å². The van der Waals surface area contributed by atoms with Crippen molar-refractivity contribution in [1.29, 1.82) is 0 Å². The summed E-state index contributed by atoms with van der Waals surface area (Å²) in [5.41, 5.74) is 6.32. The summed E-state index contributed by atoms with van der Waals surface area (Å²) in [5, 5.41) is 3.12. The number of rotatable bonds is 2. The first-order valence-electron chi connectivity index (χ1n) is 7.17. The Morgan fingerprint density at radius 3 is 2.81 bits per heavy atom. The first-order chi connectivity index (χ1) is 9.73. The number of halogens is 1. The number of likely N-dealkylation sites (tertiary alicyclic amines) is 1. The topological polar surface area (TPSA) is 71.2 Å². The monoisotopic (exact) mass is 354 g/mol. The molecule has 3 N–H and O–H groups in total. The molecule has 0 radical (unpaired) electrons. The summed E-state index contributed by atoms with van der Waals surface area (Å²) >= 11 is 3.25. The second-order valence-electron chi connectivity index (χ2n) is 6.30. The number of hydrogen-bond donors (Lipinski definition) is 2. The van der Waals surface area contributed by atoms with E-state index in [1.165, 1.54) is 0 Å². The zero-order chi connectivity index (χ0) is 15.8. The molecule has 1 aromatic rings. The van der Waals surface area contributed by atoms with E-state index in [9.17, 15) is 4.79 Å². The molecular weight excluding hydrogens is 332 g/mol. The van der Waals surface area contributed by atoms with Crippen LogP contribution in [-0.4, -0.2) is 41.0 Å². The maximum atomic E-state index is 12.4. The van der Waals surface area contributed by atoms with E-state index >= 15 is 0 Å². The van der Waals surface area contributed by atoms with Crippen LogP contribution in [0.25, 0.3) is 0 Å². The third-order valence-electron chi connectivity index (χ3n) is 4.93. The molecular formula is C15H23BrN4O. The Hall–Kier alpha value is -1.14. The summed E-state index contributed by atoms with van der Waals surface area (Å²) < 4.78 is 0.630. The average molecular weight is 355 g/mol. The third-order valence-corrected chi connectivity index (χ3v) is 5.37. The third kappa shape index (κ3) is 3.21. The van der Waals surface area contributed by atoms with E-state index in [4.69, 9.17) is 5.73 Å². The summed E-state index contributed by atoms with van der Waals surface area (Å²) in [6.07, 6.45) is 0.941. The first-order valence-corrected chi connectivity index (χ1v) is 7.97. The van der Waals surface area contributed by atoms with Crippen molar-refractivity contribution in [3.63, 3.8) is 0 Å². The van der Waals surface area contributed by atoms with Gasteiger partial charge in [-0.1, -0.05) is 6.92 Å². The van der Waals surface area contributed by atoms with Gasteiger partial charge in [0, 0.05) is 18.1 Å². The number of pyridine rings is 1. The van der Waals surface area contributed by atoms with Crippen LogP contribution in [0.15, 0.2) is 16.7 Å². The van der Waals surface area contributed by atoms with E-state index in [1.807, 2.05) is 0 Å². The van der Waals surface area contributed by atoms with Crippen molar-refractivity contribution in [3.8, 4) is 0 Å². The van der Waals surface area contributed by atoms with Crippen LogP contribution >= 0.6 is 15.9 Å². The summed E-state index contributed by atoms with van der Waals surface area (Å²) in [7, 11) is 2.13. The second-order valence-corrected chi connectivity index (χ2v) is 7.11. The van der Waals surface area contributed by atoms with Crippen molar-refractivity contribution in [2.24, 2.45) is 5.92 Å². The number of nitrogens with one attached hydrogen (secondary N) is 1. The highest BCUT2D eigenvalue weighted by Gasteiger charge is 2.40. The van der Waals surface area contributed by atoms with Gasteiger partial charge in [-0.25, -0.2) is 4.98 Å². The normalized spacial score (nSPS) is 25.6. The predicted molar refractivity (Wildman–Crippen MR) is 88.1 cm³/mol. The van der Waals surface area contributed by atoms with E-state index in [0.717, 1.165) is 13.0 Å². The zero-order valence-electron chi connectivity index (χ0n) is 13.0. The maximum absolute atomic E-state index is 12.4. The number of carbonyl (C=O) groups is 1. The molecule has 1 aliphatic heterocycles. The van der Waals surface area contributed by atoms with E-state index in [0.29, 0.717) is 16.1 Å². The molecule has 1 amide bonds. The standard InChI is InChI=1S/C15H23BrN4O/c1-9-11(7-8-20(4)15(9,2)3)18-14(21)10-5-6-12(16)19-13(10)17/h5-6,9,11H,7-8H2,1-4H3,(H2,17,19)(H,18,21). The summed E-state index contributed by atoms with van der Waals surface area (Å²) in [4.78, 5) is 18.8. The van der Waals surface area contributed by atoms with Crippen molar-refractivity contribution in [1.82, 2.24) is 15.2 Å². The largest absolute Gasteiger partial charge is 0.383 e. The quantitative estimate of drug-likeness (QED) is 0.799. The molecule has 21 heavy (non-hydrogen) atoms. The van der Waals surface area contributed by atoms with Gasteiger partial charge in [0.15, 0.2) is 0 Å². The van der Waals surface area contributed by atoms with E-state index in [-0.39, 0.29) is 23.3 Å². The Labute approximate surface area is 134 Å². The van der Waals surface area contributed by atoms with Crippen molar-refractivity contribution in [3.05, 3.63) is 22.3 Å². The molecule has 1 aliphatic rings. The molecule has 0 saturated carbocycles. The molecule has 2 atom stereocenters. The fraction of sp³-hybridized carbons (Fsp3) is 0.600. The SMILES string of the molecule is CC1C(NC(=O)c2ccc(Br)nc2N)CCN(C)C1(C)C. The van der Waals surface area contributed by atoms with Crippen LogP contribution in [0.2, 0.25) is 0 Å². The minimum atomic E-state index is -0.148. The lowest BCUT2D eigenvalue weighted by atomic mass is 9.77. The highest BCUT2D eigenvalue weighted by Crippen LogP contribution is 2.32. The Balaban J connectivity index is 2.13. The van der Waals surface area contributed by atoms with Gasteiger partial charge in [0.1, 0.15) is 10.4 Å². The van der Waals surface area contributed by atoms with E-state index in [1.54, 1.807) is 12.1 Å². The molecule has 0 bridgehead atoms. The fourth-order valence-electron chi connectivity index (χ4n) is 2.80. The van der Waals surface area contributed by atoms with Gasteiger partial charge in [-0.3, -0.25) is 4.79 Å². The Kier molecular flexibility index (Phi) is 4.58. The molecule has 2 unspecified atom stereocenters. The number of nitrogens with zero attached hydrogens (tertiary/aromatic N) is 2. The van der Waals surface area contributed by atoms with Gasteiger partial charge in [0.2, 0.25) is 0 Å². The van der Waals surface area contributed by atoms with Gasteiger partial charge in [0.05, 0.1) is 5.56 Å². The lowest BCUT2D eigenvalue weighted by Gasteiger charge is -2.49. The molecule has 116 valence electrons. The highest BCUT2D eigenvalue weighted by atomic mass is 79.9. The lowest BCUT2D eigenvalue weighted by molar-refractivity contribution is 0.0289. The minimum absolute atomic E-state index is 0.0553. The van der Waals surface area contributed by atoms with Crippen molar-refractivity contribution in [2.75, 3.05) is 19.3 Å². The predicted octanol–water partition coefficient (Wildman–Crippen LogP) is 2.27. The Bertz CT molecular complexity index is 546. The summed E-state index contributed by atoms with van der Waals surface area (Å²) in [6.45, 7) is 7.58. The average Bonchev–Trinajstić information content (AvgIpc) is 2.40. The van der Waals surface area contributed by atoms with Crippen molar-refractivity contribution < 1.29 is 4.79 Å². The van der Waals surface area contributed by atoms with E-state index in [2.05, 4.69) is 58.9 Å². The van der Waals surface area contributed by atoms with Crippen LogP contribution in [-0.2, 0) is 0 Å². The van der Waals surface area contributed by atoms with Crippen molar-refractivity contribution >= 4 is 27.7 Å². The number of piperidine rings is 1. The van der Waals surface area contributed by atoms with Crippen LogP contribution < -0.4 is 11.1 Å². The minimum Gasteiger partial charge on any atom is -0.383 e. The molecule has 1 aromatic heterocycles. The molecule has 2 heterocycles. The number of aromatic nitrogens is 1. The van der Waals surface area contributed by atoms with Gasteiger partial charge in [-0.05, 0) is 61.3 Å². The van der Waals surface area contributed by atoms with Crippen LogP contribution in [0.1, 0.15) is 37.6 Å². The molecule has 1 fully saturated rings. The van der Waals surface area contributed by atoms with Crippen LogP contribution in [0.4, 0.5) is 5.82 Å². The summed E-state index contributed by atoms with van der Waals surface area (Å²) in [6, 6.07) is 3.58. The van der Waals surface area contributed by atoms with Crippen molar-refractivity contribution in [2.45, 2.75) is 38.8 Å². The molecule has 0 aromatic carbocycles. The number of hydrogen-bond acceptors (Lipinski definition) is 4. The molecule has 2 rings (SSSR count). The number of carbonyl (C=O) groups excluding carboxylic acids is 1. The molecule has 1 saturated heterocycles. The Morgan fingerprint density at radius 2 is 2.19 bits per heavy atom. The van der Waals surface area contributed by atoms with Crippen LogP contribution in [0, 0.1) is 5.92 Å². The summed E-state index contributed by atoms with van der Waals surface area (Å²) in [5.74, 6) is 0.455.